The van der Waals surface area contributed by atoms with Crippen LogP contribution >= 0.6 is 0 Å². The van der Waals surface area contributed by atoms with Gasteiger partial charge in [-0.25, -0.2) is 0 Å². The molecule has 5 N–H and O–H groups in total. The van der Waals surface area contributed by atoms with E-state index in [-0.39, 0.29) is 5.91 Å². The summed E-state index contributed by atoms with van der Waals surface area (Å²) in [5, 5.41) is 2.77. The fourth-order valence-electron chi connectivity index (χ4n) is 1.85. The van der Waals surface area contributed by atoms with Crippen LogP contribution in [0.25, 0.3) is 0 Å². The summed E-state index contributed by atoms with van der Waals surface area (Å²) >= 11 is 0. The van der Waals surface area contributed by atoms with E-state index in [1.165, 1.54) is 0 Å². The molecule has 5 nitrogen and oxygen atoms in total. The minimum atomic E-state index is -0.865. The minimum Gasteiger partial charge on any atom is -0.366 e. The summed E-state index contributed by atoms with van der Waals surface area (Å²) in [5.41, 5.74) is 11.5. The zero-order chi connectivity index (χ0) is 14.5. The van der Waals surface area contributed by atoms with Gasteiger partial charge in [0.1, 0.15) is 0 Å². The van der Waals surface area contributed by atoms with Crippen molar-refractivity contribution in [1.29, 1.82) is 0 Å². The first-order valence-electron chi connectivity index (χ1n) is 6.32. The third-order valence-corrected chi connectivity index (χ3v) is 2.95. The van der Waals surface area contributed by atoms with Gasteiger partial charge in [0.2, 0.25) is 11.8 Å². The van der Waals surface area contributed by atoms with Crippen LogP contribution in [0.4, 0.5) is 0 Å². The molecule has 0 saturated carbocycles. The first-order valence-corrected chi connectivity index (χ1v) is 6.32. The van der Waals surface area contributed by atoms with Gasteiger partial charge in [-0.2, -0.15) is 0 Å². The highest BCUT2D eigenvalue weighted by Gasteiger charge is 2.26. The third-order valence-electron chi connectivity index (χ3n) is 2.95. The maximum absolute atomic E-state index is 11.9. The van der Waals surface area contributed by atoms with E-state index in [0.29, 0.717) is 18.5 Å². The van der Waals surface area contributed by atoms with Crippen LogP contribution in [0.2, 0.25) is 0 Å². The largest absolute Gasteiger partial charge is 0.366 e. The average Bonchev–Trinajstić information content (AvgIpc) is 2.36. The van der Waals surface area contributed by atoms with E-state index >= 15 is 0 Å². The van der Waals surface area contributed by atoms with E-state index in [1.807, 2.05) is 13.0 Å². The number of hydrogen-bond donors (Lipinski definition) is 3. The number of carbonyl (C=O) groups excluding carboxylic acids is 2. The van der Waals surface area contributed by atoms with Gasteiger partial charge >= 0.3 is 0 Å². The van der Waals surface area contributed by atoms with E-state index in [0.717, 1.165) is 12.0 Å². The molecular weight excluding hydrogens is 242 g/mol. The molecule has 1 aromatic carbocycles. The second kappa shape index (κ2) is 6.33. The van der Waals surface area contributed by atoms with Crippen LogP contribution in [0.15, 0.2) is 24.3 Å². The van der Waals surface area contributed by atoms with Crippen molar-refractivity contribution in [2.75, 3.05) is 0 Å². The number of nitrogens with one attached hydrogen (secondary N) is 1. The maximum atomic E-state index is 11.9. The molecule has 1 atom stereocenters. The molecule has 0 bridgehead atoms. The normalized spacial score (nSPS) is 13.6. The van der Waals surface area contributed by atoms with Crippen molar-refractivity contribution in [3.63, 3.8) is 0 Å². The molecule has 104 valence electrons. The maximum Gasteiger partial charge on any atom is 0.248 e. The van der Waals surface area contributed by atoms with Crippen molar-refractivity contribution < 1.29 is 9.59 Å². The Labute approximate surface area is 113 Å². The summed E-state index contributed by atoms with van der Waals surface area (Å²) in [7, 11) is 0. The van der Waals surface area contributed by atoms with Gasteiger partial charge in [-0.3, -0.25) is 9.59 Å². The van der Waals surface area contributed by atoms with Crippen LogP contribution in [0.3, 0.4) is 0 Å². The monoisotopic (exact) mass is 263 g/mol. The lowest BCUT2D eigenvalue weighted by atomic mass is 9.96. The minimum absolute atomic E-state index is 0.196. The molecule has 0 fully saturated rings. The summed E-state index contributed by atoms with van der Waals surface area (Å²) in [4.78, 5) is 23.0. The summed E-state index contributed by atoms with van der Waals surface area (Å²) in [6, 6.07) is 6.85. The highest BCUT2D eigenvalue weighted by atomic mass is 16.2. The fourth-order valence-corrected chi connectivity index (χ4v) is 1.85. The number of primary amides is 1. The van der Waals surface area contributed by atoms with Gasteiger partial charge < -0.3 is 16.8 Å². The van der Waals surface area contributed by atoms with Crippen molar-refractivity contribution in [2.45, 2.75) is 38.8 Å². The lowest BCUT2D eigenvalue weighted by Gasteiger charge is -2.22. The van der Waals surface area contributed by atoms with Crippen LogP contribution in [-0.4, -0.2) is 17.4 Å². The number of nitrogens with two attached hydrogens (primary N) is 2. The molecule has 19 heavy (non-hydrogen) atoms. The summed E-state index contributed by atoms with van der Waals surface area (Å²) in [6.07, 6.45) is 1.47. The van der Waals surface area contributed by atoms with E-state index in [4.69, 9.17) is 11.5 Å². The summed E-state index contributed by atoms with van der Waals surface area (Å²) in [6.45, 7) is 4.02. The SMILES string of the molecule is CCCC(C)(N)C(=O)NCc1cccc(C(N)=O)c1. The van der Waals surface area contributed by atoms with Crippen LogP contribution in [0.5, 0.6) is 0 Å². The fraction of sp³-hybridized carbons (Fsp3) is 0.429. The number of hydrogen-bond acceptors (Lipinski definition) is 3. The highest BCUT2D eigenvalue weighted by molar-refractivity contribution is 5.93. The van der Waals surface area contributed by atoms with Crippen molar-refractivity contribution in [3.05, 3.63) is 35.4 Å². The summed E-state index contributed by atoms with van der Waals surface area (Å²) < 4.78 is 0. The zero-order valence-corrected chi connectivity index (χ0v) is 11.4. The van der Waals surface area contributed by atoms with Gasteiger partial charge in [0, 0.05) is 12.1 Å². The smallest absolute Gasteiger partial charge is 0.248 e. The second-order valence-corrected chi connectivity index (χ2v) is 4.91. The van der Waals surface area contributed by atoms with Crippen molar-refractivity contribution in [3.8, 4) is 0 Å². The third kappa shape index (κ3) is 4.37. The van der Waals surface area contributed by atoms with Gasteiger partial charge in [-0.05, 0) is 31.0 Å². The molecule has 1 aromatic rings. The van der Waals surface area contributed by atoms with E-state index in [2.05, 4.69) is 5.32 Å². The second-order valence-electron chi connectivity index (χ2n) is 4.91. The molecule has 0 aromatic heterocycles. The first-order chi connectivity index (χ1) is 8.86. The lowest BCUT2D eigenvalue weighted by molar-refractivity contribution is -0.126. The molecule has 0 aliphatic rings. The Morgan fingerprint density at radius 3 is 2.63 bits per heavy atom. The van der Waals surface area contributed by atoms with Crippen LogP contribution in [0, 0.1) is 0 Å². The zero-order valence-electron chi connectivity index (χ0n) is 11.4. The quantitative estimate of drug-likeness (QED) is 0.711. The Hall–Kier alpha value is -1.88. The van der Waals surface area contributed by atoms with E-state index in [1.54, 1.807) is 25.1 Å². The molecule has 0 radical (unpaired) electrons. The van der Waals surface area contributed by atoms with Gasteiger partial charge in [0.25, 0.3) is 0 Å². The molecule has 0 spiro atoms. The molecule has 0 aliphatic carbocycles. The topological polar surface area (TPSA) is 98.2 Å². The van der Waals surface area contributed by atoms with Gasteiger partial charge in [0.05, 0.1) is 5.54 Å². The molecule has 0 saturated heterocycles. The first kappa shape index (κ1) is 15.2. The van der Waals surface area contributed by atoms with Crippen LogP contribution in [0.1, 0.15) is 42.6 Å². The van der Waals surface area contributed by atoms with Gasteiger partial charge in [0.15, 0.2) is 0 Å². The Balaban J connectivity index is 2.64. The number of carbonyl (C=O) groups is 2. The highest BCUT2D eigenvalue weighted by Crippen LogP contribution is 2.09. The van der Waals surface area contributed by atoms with E-state index in [9.17, 15) is 9.59 Å². The Morgan fingerprint density at radius 2 is 2.05 bits per heavy atom. The molecule has 0 heterocycles. The van der Waals surface area contributed by atoms with Gasteiger partial charge in [-0.1, -0.05) is 25.5 Å². The number of rotatable bonds is 6. The molecule has 1 unspecified atom stereocenters. The molecule has 5 heteroatoms. The van der Waals surface area contributed by atoms with Crippen LogP contribution in [-0.2, 0) is 11.3 Å². The lowest BCUT2D eigenvalue weighted by Crippen LogP contribution is -2.51. The Bertz CT molecular complexity index is 470. The standard InChI is InChI=1S/C14H21N3O2/c1-3-7-14(2,16)13(19)17-9-10-5-4-6-11(8-10)12(15)18/h4-6,8H,3,7,9,16H2,1-2H3,(H2,15,18)(H,17,19). The number of amides is 2. The molecule has 0 aliphatic heterocycles. The van der Waals surface area contributed by atoms with Crippen molar-refractivity contribution >= 4 is 11.8 Å². The Morgan fingerprint density at radius 1 is 1.37 bits per heavy atom. The Kier molecular flexibility index (Phi) is 5.06. The molecule has 2 amide bonds. The summed E-state index contributed by atoms with van der Waals surface area (Å²) in [5.74, 6) is -0.679. The van der Waals surface area contributed by atoms with E-state index < -0.39 is 11.4 Å². The molecule has 1 rings (SSSR count). The van der Waals surface area contributed by atoms with Crippen molar-refractivity contribution in [1.82, 2.24) is 5.32 Å². The predicted octanol–water partition coefficient (Wildman–Crippen LogP) is 0.919. The van der Waals surface area contributed by atoms with Crippen LogP contribution < -0.4 is 16.8 Å². The van der Waals surface area contributed by atoms with Gasteiger partial charge in [-0.15, -0.1) is 0 Å². The molecular formula is C14H21N3O2. The number of benzene rings is 1. The predicted molar refractivity (Wildman–Crippen MR) is 74.3 cm³/mol. The van der Waals surface area contributed by atoms with Crippen molar-refractivity contribution in [2.24, 2.45) is 11.5 Å². The average molecular weight is 263 g/mol.